The van der Waals surface area contributed by atoms with E-state index < -0.39 is 0 Å². The molecule has 2 unspecified atom stereocenters. The molecule has 1 aliphatic heterocycles. The van der Waals surface area contributed by atoms with E-state index in [2.05, 4.69) is 23.9 Å². The maximum atomic E-state index is 12.9. The summed E-state index contributed by atoms with van der Waals surface area (Å²) in [4.78, 5) is 17.3. The molecule has 0 spiro atoms. The summed E-state index contributed by atoms with van der Waals surface area (Å²) >= 11 is 0. The number of piperidine rings is 1. The minimum absolute atomic E-state index is 0.264. The van der Waals surface area contributed by atoms with Crippen molar-refractivity contribution < 1.29 is 4.79 Å². The van der Waals surface area contributed by atoms with E-state index in [4.69, 9.17) is 5.73 Å². The van der Waals surface area contributed by atoms with Crippen LogP contribution in [0.5, 0.6) is 0 Å². The van der Waals surface area contributed by atoms with Gasteiger partial charge in [-0.15, -0.1) is 0 Å². The lowest BCUT2D eigenvalue weighted by atomic mass is 9.65. The van der Waals surface area contributed by atoms with E-state index in [-0.39, 0.29) is 5.92 Å². The summed E-state index contributed by atoms with van der Waals surface area (Å²) in [7, 11) is 4.28. The van der Waals surface area contributed by atoms with Crippen molar-refractivity contribution in [3.8, 4) is 0 Å². The first-order valence-electron chi connectivity index (χ1n) is 9.23. The fraction of sp³-hybridized carbons (Fsp3) is 0.944. The molecule has 0 aromatic rings. The molecule has 1 amide bonds. The highest BCUT2D eigenvalue weighted by Gasteiger charge is 2.41. The summed E-state index contributed by atoms with van der Waals surface area (Å²) in [6, 6.07) is 0.364. The second-order valence-corrected chi connectivity index (χ2v) is 8.23. The van der Waals surface area contributed by atoms with Crippen molar-refractivity contribution in [2.24, 2.45) is 29.4 Å². The van der Waals surface area contributed by atoms with Gasteiger partial charge in [0.15, 0.2) is 0 Å². The van der Waals surface area contributed by atoms with E-state index in [1.165, 1.54) is 32.1 Å². The number of amides is 1. The first kappa shape index (κ1) is 16.3. The van der Waals surface area contributed by atoms with Crippen LogP contribution in [0.1, 0.15) is 44.9 Å². The maximum Gasteiger partial charge on any atom is 0.225 e. The molecule has 1 heterocycles. The molecule has 0 aromatic heterocycles. The third-order valence-electron chi connectivity index (χ3n) is 6.31. The number of rotatable bonds is 3. The third-order valence-corrected chi connectivity index (χ3v) is 6.31. The zero-order valence-electron chi connectivity index (χ0n) is 14.3. The van der Waals surface area contributed by atoms with Crippen molar-refractivity contribution in [1.29, 1.82) is 0 Å². The average molecular weight is 307 g/mol. The molecule has 2 bridgehead atoms. The predicted molar refractivity (Wildman–Crippen MR) is 89.4 cm³/mol. The minimum Gasteiger partial charge on any atom is -0.342 e. The molecule has 22 heavy (non-hydrogen) atoms. The highest BCUT2D eigenvalue weighted by atomic mass is 16.2. The van der Waals surface area contributed by atoms with Gasteiger partial charge in [-0.1, -0.05) is 6.42 Å². The molecule has 2 saturated carbocycles. The number of hydrogen-bond donors (Lipinski definition) is 1. The van der Waals surface area contributed by atoms with E-state index in [1.54, 1.807) is 0 Å². The van der Waals surface area contributed by atoms with Crippen molar-refractivity contribution in [3.63, 3.8) is 0 Å². The van der Waals surface area contributed by atoms with Gasteiger partial charge >= 0.3 is 0 Å². The van der Waals surface area contributed by atoms with Crippen LogP contribution in [0.15, 0.2) is 0 Å². The number of likely N-dealkylation sites (tertiary alicyclic amines) is 1. The summed E-state index contributed by atoms with van der Waals surface area (Å²) in [6.45, 7) is 3.09. The molecule has 2 atom stereocenters. The number of nitrogens with zero attached hydrogens (tertiary/aromatic N) is 2. The molecular formula is C18H33N3O. The topological polar surface area (TPSA) is 49.6 Å². The lowest BCUT2D eigenvalue weighted by Gasteiger charge is -2.45. The summed E-state index contributed by atoms with van der Waals surface area (Å²) < 4.78 is 0. The molecule has 4 nitrogen and oxygen atoms in total. The predicted octanol–water partition coefficient (Wildman–Crippen LogP) is 1.94. The minimum atomic E-state index is 0.264. The van der Waals surface area contributed by atoms with Crippen molar-refractivity contribution in [1.82, 2.24) is 9.80 Å². The standard InChI is InChI=1S/C18H33N3O/c1-20(2)12-13-6-8-21(9-7-13)18(22)16-10-14-4-3-5-15(11-16)17(14)19/h13-17H,3-12,19H2,1-2H3. The van der Waals surface area contributed by atoms with Gasteiger partial charge in [0, 0.05) is 31.6 Å². The van der Waals surface area contributed by atoms with E-state index in [1.807, 2.05) is 0 Å². The zero-order chi connectivity index (χ0) is 15.7. The highest BCUT2D eigenvalue weighted by molar-refractivity contribution is 5.79. The van der Waals surface area contributed by atoms with Crippen LogP contribution in [0, 0.1) is 23.7 Å². The van der Waals surface area contributed by atoms with Crippen LogP contribution in [0.4, 0.5) is 0 Å². The van der Waals surface area contributed by atoms with Gasteiger partial charge < -0.3 is 15.5 Å². The first-order chi connectivity index (χ1) is 10.5. The lowest BCUT2D eigenvalue weighted by molar-refractivity contribution is -0.140. The fourth-order valence-electron chi connectivity index (χ4n) is 5.10. The van der Waals surface area contributed by atoms with Crippen LogP contribution >= 0.6 is 0 Å². The monoisotopic (exact) mass is 307 g/mol. The zero-order valence-corrected chi connectivity index (χ0v) is 14.3. The van der Waals surface area contributed by atoms with Crippen LogP contribution in [0.3, 0.4) is 0 Å². The normalized spacial score (nSPS) is 36.6. The molecule has 0 radical (unpaired) electrons. The van der Waals surface area contributed by atoms with Crippen molar-refractivity contribution in [2.45, 2.75) is 51.0 Å². The van der Waals surface area contributed by atoms with Gasteiger partial charge in [0.05, 0.1) is 0 Å². The Balaban J connectivity index is 1.52. The third kappa shape index (κ3) is 3.48. The number of hydrogen-bond acceptors (Lipinski definition) is 3. The van der Waals surface area contributed by atoms with Gasteiger partial charge in [0.25, 0.3) is 0 Å². The molecular weight excluding hydrogens is 274 g/mol. The van der Waals surface area contributed by atoms with Crippen LogP contribution in [0.2, 0.25) is 0 Å². The van der Waals surface area contributed by atoms with Gasteiger partial charge in [-0.2, -0.15) is 0 Å². The van der Waals surface area contributed by atoms with Crippen molar-refractivity contribution >= 4 is 5.91 Å². The molecule has 3 fully saturated rings. The van der Waals surface area contributed by atoms with Crippen molar-refractivity contribution in [3.05, 3.63) is 0 Å². The first-order valence-corrected chi connectivity index (χ1v) is 9.23. The largest absolute Gasteiger partial charge is 0.342 e. The Kier molecular flexibility index (Phi) is 5.08. The molecule has 2 N–H and O–H groups in total. The summed E-state index contributed by atoms with van der Waals surface area (Å²) in [5.74, 6) is 2.67. The molecule has 0 aromatic carbocycles. The molecule has 3 rings (SSSR count). The highest BCUT2D eigenvalue weighted by Crippen LogP contribution is 2.42. The Morgan fingerprint density at radius 2 is 1.68 bits per heavy atom. The number of fused-ring (bicyclic) bond motifs is 2. The molecule has 4 heteroatoms. The second kappa shape index (κ2) is 6.88. The smallest absolute Gasteiger partial charge is 0.225 e. The SMILES string of the molecule is CN(C)CC1CCN(C(=O)C2CC3CCCC(C2)C3N)CC1. The molecule has 3 aliphatic rings. The van der Waals surface area contributed by atoms with Gasteiger partial charge in [0.1, 0.15) is 0 Å². The summed E-state index contributed by atoms with van der Waals surface area (Å²) in [5, 5.41) is 0. The van der Waals surface area contributed by atoms with Gasteiger partial charge in [-0.25, -0.2) is 0 Å². The van der Waals surface area contributed by atoms with E-state index in [0.29, 0.717) is 23.8 Å². The second-order valence-electron chi connectivity index (χ2n) is 8.23. The van der Waals surface area contributed by atoms with E-state index >= 15 is 0 Å². The Morgan fingerprint density at radius 1 is 1.09 bits per heavy atom. The Labute approximate surface area is 135 Å². The summed E-state index contributed by atoms with van der Waals surface area (Å²) in [6.07, 6.45) is 8.24. The molecule has 2 aliphatic carbocycles. The maximum absolute atomic E-state index is 12.9. The fourth-order valence-corrected chi connectivity index (χ4v) is 5.10. The van der Waals surface area contributed by atoms with E-state index in [0.717, 1.165) is 38.4 Å². The number of carbonyl (C=O) groups excluding carboxylic acids is 1. The van der Waals surface area contributed by atoms with Crippen LogP contribution < -0.4 is 5.73 Å². The van der Waals surface area contributed by atoms with Gasteiger partial charge in [0.2, 0.25) is 5.91 Å². The van der Waals surface area contributed by atoms with Crippen molar-refractivity contribution in [2.75, 3.05) is 33.7 Å². The molecule has 1 saturated heterocycles. The Hall–Kier alpha value is -0.610. The van der Waals surface area contributed by atoms with Crippen LogP contribution in [0.25, 0.3) is 0 Å². The Bertz CT molecular complexity index is 376. The van der Waals surface area contributed by atoms with E-state index in [9.17, 15) is 4.79 Å². The average Bonchev–Trinajstić information content (AvgIpc) is 2.46. The van der Waals surface area contributed by atoms with Crippen LogP contribution in [-0.4, -0.2) is 55.5 Å². The van der Waals surface area contributed by atoms with Gasteiger partial charge in [-0.3, -0.25) is 4.79 Å². The summed E-state index contributed by atoms with van der Waals surface area (Å²) in [5.41, 5.74) is 6.36. The lowest BCUT2D eigenvalue weighted by Crippen LogP contribution is -2.51. The quantitative estimate of drug-likeness (QED) is 0.867. The number of nitrogens with two attached hydrogens (primary N) is 1. The Morgan fingerprint density at radius 3 is 2.23 bits per heavy atom. The number of carbonyl (C=O) groups is 1. The molecule has 126 valence electrons. The van der Waals surface area contributed by atoms with Crippen LogP contribution in [-0.2, 0) is 4.79 Å². The van der Waals surface area contributed by atoms with Gasteiger partial charge in [-0.05, 0) is 70.4 Å².